The first kappa shape index (κ1) is 17.0. The van der Waals surface area contributed by atoms with Crippen molar-refractivity contribution in [2.75, 3.05) is 7.11 Å². The summed E-state index contributed by atoms with van der Waals surface area (Å²) in [6.07, 6.45) is 3.02. The van der Waals surface area contributed by atoms with Gasteiger partial charge in [0.25, 0.3) is 11.8 Å². The summed E-state index contributed by atoms with van der Waals surface area (Å²) in [5.41, 5.74) is 6.04. The molecule has 0 fully saturated rings. The van der Waals surface area contributed by atoms with Crippen molar-refractivity contribution in [3.63, 3.8) is 0 Å². The summed E-state index contributed by atoms with van der Waals surface area (Å²) in [4.78, 5) is 23.7. The summed E-state index contributed by atoms with van der Waals surface area (Å²) in [6, 6.07) is 14.4. The van der Waals surface area contributed by atoms with Crippen molar-refractivity contribution < 1.29 is 14.3 Å². The number of halogens is 1. The van der Waals surface area contributed by atoms with Gasteiger partial charge in [-0.3, -0.25) is 20.4 Å². The molecule has 2 N–H and O–H groups in total. The van der Waals surface area contributed by atoms with Gasteiger partial charge in [-0.25, -0.2) is 0 Å². The van der Waals surface area contributed by atoms with Gasteiger partial charge in [0.2, 0.25) is 0 Å². The van der Waals surface area contributed by atoms with Crippen molar-refractivity contribution in [3.8, 4) is 5.75 Å². The molecule has 0 saturated heterocycles. The van der Waals surface area contributed by atoms with Gasteiger partial charge in [0.05, 0.1) is 10.7 Å². The topological polar surface area (TPSA) is 67.4 Å². The molecule has 0 aromatic heterocycles. The van der Waals surface area contributed by atoms with Crippen LogP contribution in [0, 0.1) is 3.57 Å². The Labute approximate surface area is 147 Å². The Hall–Kier alpha value is -2.35. The fraction of sp³-hybridized carbons (Fsp3) is 0.0588. The highest BCUT2D eigenvalue weighted by atomic mass is 127. The normalized spacial score (nSPS) is 10.3. The number of hydrogen-bond donors (Lipinski definition) is 2. The third-order valence-corrected chi connectivity index (χ3v) is 3.78. The van der Waals surface area contributed by atoms with Gasteiger partial charge in [-0.15, -0.1) is 0 Å². The van der Waals surface area contributed by atoms with E-state index in [1.165, 1.54) is 6.08 Å². The van der Waals surface area contributed by atoms with Gasteiger partial charge >= 0.3 is 0 Å². The van der Waals surface area contributed by atoms with E-state index in [-0.39, 0.29) is 0 Å². The van der Waals surface area contributed by atoms with Crippen LogP contribution in [0.25, 0.3) is 6.08 Å². The number of hydrogen-bond acceptors (Lipinski definition) is 3. The van der Waals surface area contributed by atoms with Crippen LogP contribution < -0.4 is 15.6 Å². The fourth-order valence-corrected chi connectivity index (χ4v) is 2.51. The summed E-state index contributed by atoms with van der Waals surface area (Å²) in [5.74, 6) is -0.116. The van der Waals surface area contributed by atoms with Gasteiger partial charge in [0.15, 0.2) is 0 Å². The summed E-state index contributed by atoms with van der Waals surface area (Å²) in [7, 11) is 1.57. The van der Waals surface area contributed by atoms with Crippen LogP contribution in [0.2, 0.25) is 0 Å². The standard InChI is InChI=1S/C17H15IN2O3/c1-23-15-9-8-13(11-14(15)18)17(22)20-19-16(21)10-7-12-5-3-2-4-6-12/h2-11H,1H3,(H,19,21)(H,20,22)/b10-7+. The van der Waals surface area contributed by atoms with Crippen LogP contribution in [0.5, 0.6) is 5.75 Å². The number of benzene rings is 2. The minimum absolute atomic E-state index is 0.396. The van der Waals surface area contributed by atoms with E-state index in [1.807, 2.05) is 30.3 Å². The molecule has 5 nitrogen and oxygen atoms in total. The second-order valence-electron chi connectivity index (χ2n) is 4.54. The Morgan fingerprint density at radius 1 is 1.09 bits per heavy atom. The summed E-state index contributed by atoms with van der Waals surface area (Å²) in [6.45, 7) is 0. The van der Waals surface area contributed by atoms with Gasteiger partial charge < -0.3 is 4.74 Å². The maximum absolute atomic E-state index is 12.0. The highest BCUT2D eigenvalue weighted by molar-refractivity contribution is 14.1. The fourth-order valence-electron chi connectivity index (χ4n) is 1.78. The van der Waals surface area contributed by atoms with Gasteiger partial charge in [-0.2, -0.15) is 0 Å². The van der Waals surface area contributed by atoms with E-state index in [0.717, 1.165) is 9.13 Å². The number of carbonyl (C=O) groups excluding carboxylic acids is 2. The van der Waals surface area contributed by atoms with Crippen LogP contribution in [-0.4, -0.2) is 18.9 Å². The largest absolute Gasteiger partial charge is 0.496 e. The van der Waals surface area contributed by atoms with Crippen LogP contribution in [0.3, 0.4) is 0 Å². The number of carbonyl (C=O) groups is 2. The maximum atomic E-state index is 12.0. The predicted octanol–water partition coefficient (Wildman–Crippen LogP) is 2.77. The minimum atomic E-state index is -0.412. The summed E-state index contributed by atoms with van der Waals surface area (Å²) in [5, 5.41) is 0. The zero-order chi connectivity index (χ0) is 16.7. The molecule has 2 aromatic rings. The lowest BCUT2D eigenvalue weighted by Gasteiger charge is -2.07. The van der Waals surface area contributed by atoms with E-state index >= 15 is 0 Å². The molecule has 0 aliphatic heterocycles. The van der Waals surface area contributed by atoms with Crippen molar-refractivity contribution in [2.24, 2.45) is 0 Å². The van der Waals surface area contributed by atoms with Crippen molar-refractivity contribution in [3.05, 3.63) is 69.3 Å². The SMILES string of the molecule is COc1ccc(C(=O)NNC(=O)/C=C/c2ccccc2)cc1I. The smallest absolute Gasteiger partial charge is 0.269 e. The molecule has 0 radical (unpaired) electrons. The van der Waals surface area contributed by atoms with Crippen LogP contribution >= 0.6 is 22.6 Å². The molecule has 0 spiro atoms. The van der Waals surface area contributed by atoms with Gasteiger partial charge in [0.1, 0.15) is 5.75 Å². The van der Waals surface area contributed by atoms with E-state index in [9.17, 15) is 9.59 Å². The van der Waals surface area contributed by atoms with Gasteiger partial charge in [-0.05, 0) is 52.4 Å². The highest BCUT2D eigenvalue weighted by Gasteiger charge is 2.09. The average Bonchev–Trinajstić information content (AvgIpc) is 2.58. The van der Waals surface area contributed by atoms with Crippen molar-refractivity contribution in [1.82, 2.24) is 10.9 Å². The summed E-state index contributed by atoms with van der Waals surface area (Å²) >= 11 is 2.08. The molecule has 0 aliphatic carbocycles. The zero-order valence-electron chi connectivity index (χ0n) is 12.4. The first-order valence-electron chi connectivity index (χ1n) is 6.77. The average molecular weight is 422 g/mol. The van der Waals surface area contributed by atoms with E-state index in [1.54, 1.807) is 31.4 Å². The lowest BCUT2D eigenvalue weighted by atomic mass is 10.2. The molecule has 0 bridgehead atoms. The first-order chi connectivity index (χ1) is 11.1. The van der Waals surface area contributed by atoms with E-state index in [0.29, 0.717) is 11.3 Å². The van der Waals surface area contributed by atoms with Gasteiger partial charge in [0, 0.05) is 11.6 Å². The Kier molecular flexibility index (Phi) is 6.16. The zero-order valence-corrected chi connectivity index (χ0v) is 14.5. The molecule has 118 valence electrons. The highest BCUT2D eigenvalue weighted by Crippen LogP contribution is 2.21. The molecule has 0 aliphatic rings. The lowest BCUT2D eigenvalue weighted by molar-refractivity contribution is -0.117. The molecular formula is C17H15IN2O3. The molecule has 2 rings (SSSR count). The lowest BCUT2D eigenvalue weighted by Crippen LogP contribution is -2.40. The number of rotatable bonds is 4. The number of methoxy groups -OCH3 is 1. The molecule has 0 heterocycles. The molecule has 2 aromatic carbocycles. The van der Waals surface area contributed by atoms with E-state index in [4.69, 9.17) is 4.74 Å². The molecule has 23 heavy (non-hydrogen) atoms. The second-order valence-corrected chi connectivity index (χ2v) is 5.70. The van der Waals surface area contributed by atoms with Crippen LogP contribution in [0.1, 0.15) is 15.9 Å². The quantitative estimate of drug-likeness (QED) is 0.453. The maximum Gasteiger partial charge on any atom is 0.269 e. The van der Waals surface area contributed by atoms with Crippen molar-refractivity contribution >= 4 is 40.5 Å². The molecule has 0 saturated carbocycles. The Balaban J connectivity index is 1.90. The number of nitrogens with one attached hydrogen (secondary N) is 2. The Bertz CT molecular complexity index is 730. The number of ether oxygens (including phenoxy) is 1. The molecule has 0 atom stereocenters. The molecule has 0 unspecified atom stereocenters. The van der Waals surface area contributed by atoms with E-state index in [2.05, 4.69) is 33.4 Å². The summed E-state index contributed by atoms with van der Waals surface area (Å²) < 4.78 is 5.95. The third-order valence-electron chi connectivity index (χ3n) is 2.94. The van der Waals surface area contributed by atoms with Crippen LogP contribution in [0.4, 0.5) is 0 Å². The Morgan fingerprint density at radius 2 is 1.83 bits per heavy atom. The van der Waals surface area contributed by atoms with Crippen LogP contribution in [0.15, 0.2) is 54.6 Å². The van der Waals surface area contributed by atoms with E-state index < -0.39 is 11.8 Å². The van der Waals surface area contributed by atoms with Crippen molar-refractivity contribution in [1.29, 1.82) is 0 Å². The number of hydrazine groups is 1. The second kappa shape index (κ2) is 8.33. The molecule has 2 amide bonds. The minimum Gasteiger partial charge on any atom is -0.496 e. The predicted molar refractivity (Wildman–Crippen MR) is 96.8 cm³/mol. The third kappa shape index (κ3) is 5.10. The van der Waals surface area contributed by atoms with Crippen LogP contribution in [-0.2, 0) is 4.79 Å². The Morgan fingerprint density at radius 3 is 2.48 bits per heavy atom. The molecular weight excluding hydrogens is 407 g/mol. The first-order valence-corrected chi connectivity index (χ1v) is 7.85. The van der Waals surface area contributed by atoms with Gasteiger partial charge in [-0.1, -0.05) is 30.3 Å². The number of amides is 2. The molecule has 6 heteroatoms. The van der Waals surface area contributed by atoms with Crippen molar-refractivity contribution in [2.45, 2.75) is 0 Å². The monoisotopic (exact) mass is 422 g/mol.